The molecule has 0 radical (unpaired) electrons. The van der Waals surface area contributed by atoms with Gasteiger partial charge in [-0.05, 0) is 64.2 Å². The molecule has 63 heavy (non-hydrogen) atoms. The number of nitrogens with one attached hydrogen (secondary N) is 1. The second-order valence-corrected chi connectivity index (χ2v) is 18.0. The van der Waals surface area contributed by atoms with Gasteiger partial charge in [0.2, 0.25) is 5.91 Å². The normalized spacial score (nSPS) is 13.8. The van der Waals surface area contributed by atoms with Crippen molar-refractivity contribution in [1.29, 1.82) is 0 Å². The summed E-state index contributed by atoms with van der Waals surface area (Å²) in [7, 11) is 0. The van der Waals surface area contributed by atoms with Crippen molar-refractivity contribution in [2.45, 2.75) is 270 Å². The molecular formula is C57H101NO5. The number of aliphatic hydroxyl groups excluding tert-OH is 2. The van der Waals surface area contributed by atoms with E-state index in [9.17, 15) is 19.8 Å². The molecule has 1 amide bonds. The summed E-state index contributed by atoms with van der Waals surface area (Å²) in [6.07, 6.45) is 64.0. The Kier molecular flexibility index (Phi) is 48.1. The van der Waals surface area contributed by atoms with E-state index in [1.807, 2.05) is 48.6 Å². The Morgan fingerprint density at radius 2 is 0.889 bits per heavy atom. The second-order valence-electron chi connectivity index (χ2n) is 18.0. The molecule has 0 saturated carbocycles. The SMILES string of the molecule is CC/C=C/C=C/C=C\C=C/C=C/CCCC(CC(=O)NC(CO)C(O)CCCCCCCCCCCCCC)OC(=O)CCCCCCCCCCC/C=C/CCCCCCCC. The number of hydrogen-bond acceptors (Lipinski definition) is 5. The monoisotopic (exact) mass is 880 g/mol. The van der Waals surface area contributed by atoms with Gasteiger partial charge in [-0.2, -0.15) is 0 Å². The van der Waals surface area contributed by atoms with E-state index in [0.29, 0.717) is 19.3 Å². The topological polar surface area (TPSA) is 95.9 Å². The Balaban J connectivity index is 4.61. The van der Waals surface area contributed by atoms with Crippen LogP contribution in [0.4, 0.5) is 0 Å². The average Bonchev–Trinajstić information content (AvgIpc) is 3.28. The Hall–Kier alpha value is -2.70. The predicted molar refractivity (Wildman–Crippen MR) is 273 cm³/mol. The molecule has 0 aromatic rings. The van der Waals surface area contributed by atoms with Crippen LogP contribution in [0.3, 0.4) is 0 Å². The van der Waals surface area contributed by atoms with Gasteiger partial charge >= 0.3 is 5.97 Å². The Bertz CT molecular complexity index is 1170. The highest BCUT2D eigenvalue weighted by Gasteiger charge is 2.24. The molecule has 0 rings (SSSR count). The van der Waals surface area contributed by atoms with E-state index in [1.165, 1.54) is 148 Å². The van der Waals surface area contributed by atoms with Crippen LogP contribution >= 0.6 is 0 Å². The first-order valence-electron chi connectivity index (χ1n) is 26.7. The highest BCUT2D eigenvalue weighted by atomic mass is 16.5. The van der Waals surface area contributed by atoms with Gasteiger partial charge in [-0.3, -0.25) is 9.59 Å². The first-order chi connectivity index (χ1) is 31.0. The number of amides is 1. The number of ether oxygens (including phenoxy) is 1. The summed E-state index contributed by atoms with van der Waals surface area (Å²) in [5, 5.41) is 23.7. The van der Waals surface area contributed by atoms with Gasteiger partial charge in [0.15, 0.2) is 0 Å². The quantitative estimate of drug-likeness (QED) is 0.0245. The molecule has 0 aromatic carbocycles. The van der Waals surface area contributed by atoms with Gasteiger partial charge in [-0.15, -0.1) is 0 Å². The van der Waals surface area contributed by atoms with Gasteiger partial charge in [0.25, 0.3) is 0 Å². The first-order valence-corrected chi connectivity index (χ1v) is 26.7. The number of hydrogen-bond donors (Lipinski definition) is 3. The summed E-state index contributed by atoms with van der Waals surface area (Å²) in [5.74, 6) is -0.547. The van der Waals surface area contributed by atoms with Gasteiger partial charge in [0.1, 0.15) is 6.10 Å². The van der Waals surface area contributed by atoms with E-state index in [0.717, 1.165) is 57.8 Å². The minimum Gasteiger partial charge on any atom is -0.462 e. The number of aliphatic hydroxyl groups is 2. The lowest BCUT2D eigenvalue weighted by Gasteiger charge is -2.24. The van der Waals surface area contributed by atoms with Crippen molar-refractivity contribution in [3.05, 3.63) is 72.9 Å². The van der Waals surface area contributed by atoms with Crippen molar-refractivity contribution >= 4 is 11.9 Å². The number of carbonyl (C=O) groups excluding carboxylic acids is 2. The van der Waals surface area contributed by atoms with E-state index in [-0.39, 0.29) is 24.9 Å². The van der Waals surface area contributed by atoms with Gasteiger partial charge in [0.05, 0.1) is 25.2 Å². The highest BCUT2D eigenvalue weighted by Crippen LogP contribution is 2.17. The van der Waals surface area contributed by atoms with Crippen LogP contribution in [-0.2, 0) is 14.3 Å². The van der Waals surface area contributed by atoms with E-state index in [4.69, 9.17) is 4.74 Å². The maximum Gasteiger partial charge on any atom is 0.306 e. The molecule has 0 aromatic heterocycles. The van der Waals surface area contributed by atoms with Gasteiger partial charge < -0.3 is 20.3 Å². The van der Waals surface area contributed by atoms with Crippen LogP contribution in [0.1, 0.15) is 252 Å². The van der Waals surface area contributed by atoms with Crippen LogP contribution in [0.2, 0.25) is 0 Å². The maximum atomic E-state index is 13.2. The lowest BCUT2D eigenvalue weighted by atomic mass is 10.0. The Morgan fingerprint density at radius 1 is 0.476 bits per heavy atom. The average molecular weight is 880 g/mol. The molecule has 0 aliphatic rings. The zero-order valence-corrected chi connectivity index (χ0v) is 41.4. The summed E-state index contributed by atoms with van der Waals surface area (Å²) >= 11 is 0. The van der Waals surface area contributed by atoms with Crippen molar-refractivity contribution in [2.75, 3.05) is 6.61 Å². The largest absolute Gasteiger partial charge is 0.462 e. The zero-order valence-electron chi connectivity index (χ0n) is 41.4. The predicted octanol–water partition coefficient (Wildman–Crippen LogP) is 16.2. The number of unbranched alkanes of at least 4 members (excludes halogenated alkanes) is 27. The summed E-state index contributed by atoms with van der Waals surface area (Å²) in [5.41, 5.74) is 0. The molecule has 0 aliphatic carbocycles. The molecular weight excluding hydrogens is 779 g/mol. The van der Waals surface area contributed by atoms with Crippen LogP contribution in [0.15, 0.2) is 72.9 Å². The van der Waals surface area contributed by atoms with Crippen molar-refractivity contribution in [1.82, 2.24) is 5.32 Å². The Labute approximate surface area is 390 Å². The van der Waals surface area contributed by atoms with Crippen molar-refractivity contribution in [3.8, 4) is 0 Å². The number of allylic oxidation sites excluding steroid dienone is 12. The third-order valence-corrected chi connectivity index (χ3v) is 11.9. The van der Waals surface area contributed by atoms with Crippen LogP contribution in [0.5, 0.6) is 0 Å². The van der Waals surface area contributed by atoms with Crippen molar-refractivity contribution in [2.24, 2.45) is 0 Å². The molecule has 0 aliphatic heterocycles. The number of rotatable bonds is 47. The van der Waals surface area contributed by atoms with Gasteiger partial charge in [0, 0.05) is 6.42 Å². The van der Waals surface area contributed by atoms with E-state index in [2.05, 4.69) is 50.4 Å². The molecule has 0 saturated heterocycles. The molecule has 3 unspecified atom stereocenters. The molecule has 3 atom stereocenters. The molecule has 3 N–H and O–H groups in total. The fourth-order valence-corrected chi connectivity index (χ4v) is 7.86. The fraction of sp³-hybridized carbons (Fsp3) is 0.754. The minimum absolute atomic E-state index is 0.0262. The number of carbonyl (C=O) groups is 2. The van der Waals surface area contributed by atoms with E-state index < -0.39 is 18.2 Å². The molecule has 0 heterocycles. The van der Waals surface area contributed by atoms with E-state index >= 15 is 0 Å². The maximum absolute atomic E-state index is 13.2. The van der Waals surface area contributed by atoms with E-state index in [1.54, 1.807) is 0 Å². The third-order valence-electron chi connectivity index (χ3n) is 11.9. The highest BCUT2D eigenvalue weighted by molar-refractivity contribution is 5.77. The van der Waals surface area contributed by atoms with Crippen LogP contribution < -0.4 is 5.32 Å². The van der Waals surface area contributed by atoms with Crippen LogP contribution in [0, 0.1) is 0 Å². The van der Waals surface area contributed by atoms with Crippen LogP contribution in [-0.4, -0.2) is 46.9 Å². The van der Waals surface area contributed by atoms with Crippen molar-refractivity contribution in [3.63, 3.8) is 0 Å². The minimum atomic E-state index is -0.808. The fourth-order valence-electron chi connectivity index (χ4n) is 7.86. The lowest BCUT2D eigenvalue weighted by Crippen LogP contribution is -2.46. The smallest absolute Gasteiger partial charge is 0.306 e. The molecule has 364 valence electrons. The van der Waals surface area contributed by atoms with Crippen LogP contribution in [0.25, 0.3) is 0 Å². The Morgan fingerprint density at radius 3 is 1.37 bits per heavy atom. The van der Waals surface area contributed by atoms with Gasteiger partial charge in [-0.1, -0.05) is 248 Å². The standard InChI is InChI=1S/C57H101NO5/c1-4-7-10-13-16-19-22-25-26-27-28-29-30-32-35-38-41-44-47-50-57(62)63-53(48-45-42-39-36-33-31-23-20-17-14-11-8-5-2)51-56(61)58-54(52-59)55(60)49-46-43-40-37-34-24-21-18-15-12-9-6-3/h8,11,14,17,20,23,25-26,31,33,36,39,53-55,59-60H,4-7,9-10,12-13,15-16,18-19,21-22,24,27-30,32,34-35,37-38,40-52H2,1-3H3,(H,58,61)/b11-8+,17-14+,23-20-,26-25+,33-31-,39-36+. The molecule has 6 heteroatoms. The summed E-state index contributed by atoms with van der Waals surface area (Å²) in [6.45, 7) is 6.32. The number of esters is 1. The third kappa shape index (κ3) is 45.7. The second kappa shape index (κ2) is 50.3. The van der Waals surface area contributed by atoms with Crippen molar-refractivity contribution < 1.29 is 24.5 Å². The lowest BCUT2D eigenvalue weighted by molar-refractivity contribution is -0.151. The first kappa shape index (κ1) is 60.3. The summed E-state index contributed by atoms with van der Waals surface area (Å²) in [6, 6.07) is -0.727. The molecule has 6 nitrogen and oxygen atoms in total. The molecule has 0 fully saturated rings. The molecule has 0 bridgehead atoms. The molecule has 0 spiro atoms. The summed E-state index contributed by atoms with van der Waals surface area (Å²) < 4.78 is 5.90. The zero-order chi connectivity index (χ0) is 45.9. The van der Waals surface area contributed by atoms with Gasteiger partial charge in [-0.25, -0.2) is 0 Å². The summed E-state index contributed by atoms with van der Waals surface area (Å²) in [4.78, 5) is 26.1.